The third-order valence-corrected chi connectivity index (χ3v) is 5.41. The Kier molecular flexibility index (Phi) is 10.1. The lowest BCUT2D eigenvalue weighted by Gasteiger charge is -2.21. The van der Waals surface area contributed by atoms with E-state index in [9.17, 15) is 14.4 Å². The molecule has 0 heterocycles. The normalized spacial score (nSPS) is 11.9. The molecule has 3 aromatic rings. The summed E-state index contributed by atoms with van der Waals surface area (Å²) in [6.45, 7) is 15.8. The van der Waals surface area contributed by atoms with Crippen molar-refractivity contribution in [3.05, 3.63) is 89.5 Å². The Bertz CT molecular complexity index is 1210. The topological polar surface area (TPSA) is 107 Å². The van der Waals surface area contributed by atoms with Crippen LogP contribution < -0.4 is 14.2 Å². The highest BCUT2D eigenvalue weighted by Gasteiger charge is 2.22. The second-order valence-electron chi connectivity index (χ2n) is 12.8. The number of ether oxygens (including phenoxy) is 6. The Labute approximate surface area is 253 Å². The predicted octanol–water partition coefficient (Wildman–Crippen LogP) is 8.81. The molecule has 3 rings (SSSR count). The summed E-state index contributed by atoms with van der Waals surface area (Å²) < 4.78 is 31.7. The van der Waals surface area contributed by atoms with Gasteiger partial charge in [-0.3, -0.25) is 0 Å². The number of benzene rings is 3. The molecule has 0 saturated heterocycles. The van der Waals surface area contributed by atoms with Crippen molar-refractivity contribution in [2.75, 3.05) is 0 Å². The van der Waals surface area contributed by atoms with Crippen molar-refractivity contribution in [3.8, 4) is 17.2 Å². The molecule has 0 aliphatic rings. The average Bonchev–Trinajstić information content (AvgIpc) is 2.84. The molecule has 0 N–H and O–H groups in total. The third kappa shape index (κ3) is 11.3. The molecule has 0 spiro atoms. The smallest absolute Gasteiger partial charge is 0.428 e. The first kappa shape index (κ1) is 33.0. The van der Waals surface area contributed by atoms with E-state index < -0.39 is 35.3 Å². The molecule has 0 aliphatic heterocycles. The Morgan fingerprint density at radius 1 is 0.419 bits per heavy atom. The van der Waals surface area contributed by atoms with Crippen LogP contribution in [0.5, 0.6) is 17.2 Å². The molecule has 0 amide bonds. The standard InChI is InChI=1S/C34H40O9/c1-32(2,3)41-29(35)38-25-16-10-22(11-17-25)28(23-12-18-26(19-13-23)39-30(36)42-33(4,5)6)24-14-20-27(21-15-24)40-31(37)43-34(7,8)9/h10-21,28H,1-9H3. The summed E-state index contributed by atoms with van der Waals surface area (Å²) >= 11 is 0. The summed E-state index contributed by atoms with van der Waals surface area (Å²) in [5, 5.41) is 0. The molecule has 0 saturated carbocycles. The maximum atomic E-state index is 12.1. The van der Waals surface area contributed by atoms with Gasteiger partial charge in [0.25, 0.3) is 0 Å². The largest absolute Gasteiger partial charge is 0.514 e. The van der Waals surface area contributed by atoms with Crippen LogP contribution in [0.2, 0.25) is 0 Å². The fourth-order valence-electron chi connectivity index (χ4n) is 3.86. The minimum absolute atomic E-state index is 0.276. The Balaban J connectivity index is 1.88. The van der Waals surface area contributed by atoms with Gasteiger partial charge in [0.2, 0.25) is 0 Å². The van der Waals surface area contributed by atoms with E-state index in [1.165, 1.54) is 0 Å². The SMILES string of the molecule is CC(C)(C)OC(=O)Oc1ccc(C(c2ccc(OC(=O)OC(C)(C)C)cc2)c2ccc(OC(=O)OC(C)(C)C)cc2)cc1. The highest BCUT2D eigenvalue weighted by atomic mass is 16.7. The lowest BCUT2D eigenvalue weighted by Crippen LogP contribution is -2.26. The zero-order valence-electron chi connectivity index (χ0n) is 26.2. The summed E-state index contributed by atoms with van der Waals surface area (Å²) in [4.78, 5) is 36.4. The number of hydrogen-bond donors (Lipinski definition) is 0. The zero-order chi connectivity index (χ0) is 32.0. The highest BCUT2D eigenvalue weighted by molar-refractivity contribution is 5.66. The van der Waals surface area contributed by atoms with Crippen LogP contribution in [0.3, 0.4) is 0 Å². The second kappa shape index (κ2) is 13.2. The van der Waals surface area contributed by atoms with Crippen molar-refractivity contribution in [3.63, 3.8) is 0 Å². The monoisotopic (exact) mass is 592 g/mol. The van der Waals surface area contributed by atoms with E-state index in [0.717, 1.165) is 16.7 Å². The molecule has 230 valence electrons. The van der Waals surface area contributed by atoms with Crippen LogP contribution in [-0.4, -0.2) is 35.3 Å². The maximum absolute atomic E-state index is 12.1. The predicted molar refractivity (Wildman–Crippen MR) is 161 cm³/mol. The van der Waals surface area contributed by atoms with Gasteiger partial charge in [0.1, 0.15) is 34.1 Å². The van der Waals surface area contributed by atoms with E-state index in [0.29, 0.717) is 17.2 Å². The molecule has 0 aromatic heterocycles. The summed E-state index contributed by atoms with van der Waals surface area (Å²) in [5.74, 6) is 0.721. The molecule has 0 atom stereocenters. The van der Waals surface area contributed by atoms with Crippen LogP contribution in [0.25, 0.3) is 0 Å². The first-order valence-electron chi connectivity index (χ1n) is 13.9. The minimum Gasteiger partial charge on any atom is -0.428 e. The fraction of sp³-hybridized carbons (Fsp3) is 0.382. The van der Waals surface area contributed by atoms with E-state index in [2.05, 4.69) is 0 Å². The van der Waals surface area contributed by atoms with Crippen molar-refractivity contribution in [1.82, 2.24) is 0 Å². The van der Waals surface area contributed by atoms with Gasteiger partial charge in [-0.25, -0.2) is 14.4 Å². The van der Waals surface area contributed by atoms with Crippen molar-refractivity contribution >= 4 is 18.5 Å². The van der Waals surface area contributed by atoms with Crippen LogP contribution in [0.4, 0.5) is 14.4 Å². The highest BCUT2D eigenvalue weighted by Crippen LogP contribution is 2.35. The first-order chi connectivity index (χ1) is 19.9. The number of rotatable bonds is 6. The van der Waals surface area contributed by atoms with E-state index >= 15 is 0 Å². The lowest BCUT2D eigenvalue weighted by molar-refractivity contribution is 0.0193. The molecule has 0 fully saturated rings. The average molecular weight is 593 g/mol. The molecule has 0 unspecified atom stereocenters. The molecule has 0 bridgehead atoms. The van der Waals surface area contributed by atoms with Crippen LogP contribution in [0, 0.1) is 0 Å². The van der Waals surface area contributed by atoms with E-state index in [4.69, 9.17) is 28.4 Å². The zero-order valence-corrected chi connectivity index (χ0v) is 26.2. The van der Waals surface area contributed by atoms with Gasteiger partial charge in [-0.15, -0.1) is 0 Å². The Hall–Kier alpha value is -4.53. The van der Waals surface area contributed by atoms with Gasteiger partial charge in [-0.05, 0) is 115 Å². The third-order valence-electron chi connectivity index (χ3n) is 5.41. The van der Waals surface area contributed by atoms with Crippen LogP contribution in [0.1, 0.15) is 84.9 Å². The van der Waals surface area contributed by atoms with Crippen molar-refractivity contribution in [2.24, 2.45) is 0 Å². The number of carbonyl (C=O) groups is 3. The van der Waals surface area contributed by atoms with Crippen molar-refractivity contribution in [1.29, 1.82) is 0 Å². The Morgan fingerprint density at radius 3 is 0.814 bits per heavy atom. The quantitative estimate of drug-likeness (QED) is 0.120. The lowest BCUT2D eigenvalue weighted by atomic mass is 9.85. The van der Waals surface area contributed by atoms with Gasteiger partial charge < -0.3 is 28.4 Å². The summed E-state index contributed by atoms with van der Waals surface area (Å²) in [7, 11) is 0. The molecular weight excluding hydrogens is 552 g/mol. The van der Waals surface area contributed by atoms with E-state index in [1.807, 2.05) is 36.4 Å². The van der Waals surface area contributed by atoms with Crippen LogP contribution in [-0.2, 0) is 14.2 Å². The minimum atomic E-state index is -0.794. The Morgan fingerprint density at radius 2 is 0.628 bits per heavy atom. The molecule has 0 aliphatic carbocycles. The first-order valence-corrected chi connectivity index (χ1v) is 13.9. The molecule has 43 heavy (non-hydrogen) atoms. The summed E-state index contributed by atoms with van der Waals surface area (Å²) in [6, 6.07) is 21.2. The molecular formula is C34H40O9. The second-order valence-corrected chi connectivity index (χ2v) is 12.8. The van der Waals surface area contributed by atoms with Crippen molar-refractivity contribution in [2.45, 2.75) is 85.0 Å². The molecule has 9 nitrogen and oxygen atoms in total. The van der Waals surface area contributed by atoms with Crippen molar-refractivity contribution < 1.29 is 42.8 Å². The number of carbonyl (C=O) groups excluding carboxylic acids is 3. The molecule has 0 radical (unpaired) electrons. The maximum Gasteiger partial charge on any atom is 0.514 e. The summed E-state index contributed by atoms with van der Waals surface area (Å²) in [5.41, 5.74) is 0.622. The van der Waals surface area contributed by atoms with Gasteiger partial charge in [-0.2, -0.15) is 0 Å². The van der Waals surface area contributed by atoms with Crippen LogP contribution in [0.15, 0.2) is 72.8 Å². The van der Waals surface area contributed by atoms with Gasteiger partial charge in [0, 0.05) is 5.92 Å². The fourth-order valence-corrected chi connectivity index (χ4v) is 3.86. The van der Waals surface area contributed by atoms with Gasteiger partial charge in [0.15, 0.2) is 0 Å². The van der Waals surface area contributed by atoms with E-state index in [1.54, 1.807) is 98.7 Å². The summed E-state index contributed by atoms with van der Waals surface area (Å²) in [6.07, 6.45) is -2.38. The molecule has 9 heteroatoms. The molecule has 3 aromatic carbocycles. The van der Waals surface area contributed by atoms with Crippen LogP contribution >= 0.6 is 0 Å². The number of hydrogen-bond acceptors (Lipinski definition) is 9. The van der Waals surface area contributed by atoms with Gasteiger partial charge in [-0.1, -0.05) is 36.4 Å². The van der Waals surface area contributed by atoms with Gasteiger partial charge >= 0.3 is 18.5 Å². The van der Waals surface area contributed by atoms with E-state index in [-0.39, 0.29) is 5.92 Å². The van der Waals surface area contributed by atoms with Gasteiger partial charge in [0.05, 0.1) is 0 Å².